The van der Waals surface area contributed by atoms with Crippen molar-refractivity contribution in [3.05, 3.63) is 53.1 Å². The smallest absolute Gasteiger partial charge is 0.387 e. The van der Waals surface area contributed by atoms with Gasteiger partial charge >= 0.3 is 12.6 Å². The molecule has 12 heteroatoms. The number of hydrogen-bond acceptors (Lipinski definition) is 6. The van der Waals surface area contributed by atoms with Crippen LogP contribution in [0.2, 0.25) is 5.02 Å². The van der Waals surface area contributed by atoms with Crippen LogP contribution in [0.25, 0.3) is 0 Å². The first kappa shape index (κ1) is 24.2. The summed E-state index contributed by atoms with van der Waals surface area (Å²) in [6, 6.07) is 9.88. The third-order valence-electron chi connectivity index (χ3n) is 4.77. The molecule has 1 heterocycles. The van der Waals surface area contributed by atoms with Crippen molar-refractivity contribution in [3.8, 4) is 11.5 Å². The quantitative estimate of drug-likeness (QED) is 0.577. The highest BCUT2D eigenvalue weighted by Gasteiger charge is 2.29. The average Bonchev–Trinajstić information content (AvgIpc) is 2.73. The number of ether oxygens (including phenoxy) is 2. The van der Waals surface area contributed by atoms with Crippen LogP contribution in [0.5, 0.6) is 11.5 Å². The van der Waals surface area contributed by atoms with E-state index < -0.39 is 29.2 Å². The maximum absolute atomic E-state index is 12.9. The molecular weight excluding hydrogens is 470 g/mol. The SMILES string of the molecule is O=C(O)COc1ccc(Cl)cc1CN1CCN(S(=O)(=O)c2cccc(OC(F)F)c2)CC1. The second-order valence-electron chi connectivity index (χ2n) is 6.97. The molecule has 2 aromatic carbocycles. The Balaban J connectivity index is 1.65. The lowest BCUT2D eigenvalue weighted by Crippen LogP contribution is -2.48. The molecule has 0 aromatic heterocycles. The molecule has 174 valence electrons. The van der Waals surface area contributed by atoms with Crippen molar-refractivity contribution in [2.24, 2.45) is 0 Å². The van der Waals surface area contributed by atoms with Gasteiger partial charge in [-0.25, -0.2) is 13.2 Å². The first-order valence-electron chi connectivity index (χ1n) is 9.55. The van der Waals surface area contributed by atoms with Gasteiger partial charge < -0.3 is 14.6 Å². The van der Waals surface area contributed by atoms with Gasteiger partial charge in [-0.15, -0.1) is 0 Å². The molecule has 0 aliphatic carbocycles. The Morgan fingerprint density at radius 3 is 2.50 bits per heavy atom. The number of benzene rings is 2. The Morgan fingerprint density at radius 2 is 1.84 bits per heavy atom. The topological polar surface area (TPSA) is 96.4 Å². The van der Waals surface area contributed by atoms with Crippen LogP contribution in [0, 0.1) is 0 Å². The maximum atomic E-state index is 12.9. The minimum atomic E-state index is -3.88. The standard InChI is InChI=1S/C20H21ClF2N2O6S/c21-15-4-5-18(30-13-19(26)27)14(10-15)12-24-6-8-25(9-7-24)32(28,29)17-3-1-2-16(11-17)31-20(22)23/h1-5,10-11,20H,6-9,12-13H2,(H,26,27). The van der Waals surface area contributed by atoms with Gasteiger partial charge in [0.25, 0.3) is 0 Å². The van der Waals surface area contributed by atoms with Crippen LogP contribution in [0.1, 0.15) is 5.56 Å². The summed E-state index contributed by atoms with van der Waals surface area (Å²) in [4.78, 5) is 12.7. The molecule has 0 radical (unpaired) electrons. The number of piperazine rings is 1. The molecule has 8 nitrogen and oxygen atoms in total. The highest BCUT2D eigenvalue weighted by molar-refractivity contribution is 7.89. The van der Waals surface area contributed by atoms with Crippen molar-refractivity contribution in [1.82, 2.24) is 9.21 Å². The fourth-order valence-electron chi connectivity index (χ4n) is 3.28. The zero-order valence-electron chi connectivity index (χ0n) is 16.8. The van der Waals surface area contributed by atoms with Gasteiger partial charge in [-0.05, 0) is 30.3 Å². The Labute approximate surface area is 188 Å². The second-order valence-corrected chi connectivity index (χ2v) is 9.34. The molecule has 1 fully saturated rings. The lowest BCUT2D eigenvalue weighted by atomic mass is 10.1. The van der Waals surface area contributed by atoms with Crippen LogP contribution in [0.15, 0.2) is 47.4 Å². The minimum absolute atomic E-state index is 0.122. The number of aliphatic carboxylic acids is 1. The van der Waals surface area contributed by atoms with E-state index in [1.165, 1.54) is 22.5 Å². The predicted molar refractivity (Wildman–Crippen MR) is 112 cm³/mol. The maximum Gasteiger partial charge on any atom is 0.387 e. The van der Waals surface area contributed by atoms with Crippen molar-refractivity contribution < 1.29 is 36.6 Å². The third kappa shape index (κ3) is 6.28. The van der Waals surface area contributed by atoms with E-state index in [2.05, 4.69) is 4.74 Å². The Morgan fingerprint density at radius 1 is 1.12 bits per heavy atom. The largest absolute Gasteiger partial charge is 0.482 e. The van der Waals surface area contributed by atoms with Gasteiger partial charge in [-0.3, -0.25) is 4.90 Å². The molecule has 0 spiro atoms. The molecule has 2 aromatic rings. The predicted octanol–water partition coefficient (Wildman–Crippen LogP) is 2.91. The Bertz CT molecular complexity index is 1060. The van der Waals surface area contributed by atoms with Crippen LogP contribution in [-0.4, -0.2) is 68.1 Å². The molecule has 0 amide bonds. The van der Waals surface area contributed by atoms with Crippen molar-refractivity contribution in [1.29, 1.82) is 0 Å². The lowest BCUT2D eigenvalue weighted by Gasteiger charge is -2.34. The van der Waals surface area contributed by atoms with Crippen molar-refractivity contribution >= 4 is 27.6 Å². The summed E-state index contributed by atoms with van der Waals surface area (Å²) in [6.45, 7) is -1.97. The van der Waals surface area contributed by atoms with Crippen LogP contribution in [0.3, 0.4) is 0 Å². The third-order valence-corrected chi connectivity index (χ3v) is 6.90. The minimum Gasteiger partial charge on any atom is -0.482 e. The average molecular weight is 491 g/mol. The lowest BCUT2D eigenvalue weighted by molar-refractivity contribution is -0.139. The van der Waals surface area contributed by atoms with Gasteiger partial charge in [0.1, 0.15) is 11.5 Å². The number of carbonyl (C=O) groups is 1. The summed E-state index contributed by atoms with van der Waals surface area (Å²) in [7, 11) is -3.88. The molecule has 3 rings (SSSR count). The summed E-state index contributed by atoms with van der Waals surface area (Å²) < 4.78 is 61.6. The zero-order chi connectivity index (χ0) is 23.3. The van der Waals surface area contributed by atoms with E-state index in [4.69, 9.17) is 21.4 Å². The Hall–Kier alpha value is -2.47. The number of carboxylic acid groups (broad SMARTS) is 1. The molecule has 1 saturated heterocycles. The highest BCUT2D eigenvalue weighted by Crippen LogP contribution is 2.26. The number of halogens is 3. The van der Waals surface area contributed by atoms with Gasteiger partial charge in [0.15, 0.2) is 6.61 Å². The molecule has 0 unspecified atom stereocenters. The van der Waals surface area contributed by atoms with Gasteiger partial charge in [0.05, 0.1) is 4.90 Å². The zero-order valence-corrected chi connectivity index (χ0v) is 18.4. The molecule has 0 atom stereocenters. The van der Waals surface area contributed by atoms with E-state index in [1.807, 2.05) is 4.90 Å². The highest BCUT2D eigenvalue weighted by atomic mass is 35.5. The van der Waals surface area contributed by atoms with Gasteiger partial charge in [0, 0.05) is 49.4 Å². The summed E-state index contributed by atoms with van der Waals surface area (Å²) in [5.41, 5.74) is 0.687. The number of alkyl halides is 2. The normalized spacial score (nSPS) is 15.6. The molecular formula is C20H21ClF2N2O6S. The first-order valence-corrected chi connectivity index (χ1v) is 11.4. The van der Waals surface area contributed by atoms with Crippen LogP contribution < -0.4 is 9.47 Å². The molecule has 1 aliphatic rings. The number of sulfonamides is 1. The molecule has 0 saturated carbocycles. The summed E-state index contributed by atoms with van der Waals surface area (Å²) in [5, 5.41) is 9.30. The second kappa shape index (κ2) is 10.4. The number of hydrogen-bond donors (Lipinski definition) is 1. The fourth-order valence-corrected chi connectivity index (χ4v) is 4.93. The van der Waals surface area contributed by atoms with E-state index in [9.17, 15) is 22.0 Å². The first-order chi connectivity index (χ1) is 15.1. The van der Waals surface area contributed by atoms with E-state index in [1.54, 1.807) is 18.2 Å². The van der Waals surface area contributed by atoms with Crippen LogP contribution in [-0.2, 0) is 21.4 Å². The number of nitrogens with zero attached hydrogens (tertiary/aromatic N) is 2. The van der Waals surface area contributed by atoms with Gasteiger partial charge in [0.2, 0.25) is 10.0 Å². The van der Waals surface area contributed by atoms with Crippen molar-refractivity contribution in [2.75, 3.05) is 32.8 Å². The van der Waals surface area contributed by atoms with E-state index in [-0.39, 0.29) is 23.7 Å². The van der Waals surface area contributed by atoms with Crippen molar-refractivity contribution in [2.45, 2.75) is 18.1 Å². The monoisotopic (exact) mass is 490 g/mol. The molecule has 0 bridgehead atoms. The Kier molecular flexibility index (Phi) is 7.88. The molecule has 32 heavy (non-hydrogen) atoms. The van der Waals surface area contributed by atoms with E-state index in [0.29, 0.717) is 36.0 Å². The van der Waals surface area contributed by atoms with Gasteiger partial charge in [-0.1, -0.05) is 17.7 Å². The number of carboxylic acids is 1. The van der Waals surface area contributed by atoms with Crippen molar-refractivity contribution in [3.63, 3.8) is 0 Å². The van der Waals surface area contributed by atoms with E-state index >= 15 is 0 Å². The molecule has 1 N–H and O–H groups in total. The summed E-state index contributed by atoms with van der Waals surface area (Å²) in [5.74, 6) is -0.940. The fraction of sp³-hybridized carbons (Fsp3) is 0.350. The molecule has 1 aliphatic heterocycles. The summed E-state index contributed by atoms with van der Waals surface area (Å²) >= 11 is 6.06. The van der Waals surface area contributed by atoms with Gasteiger partial charge in [-0.2, -0.15) is 13.1 Å². The van der Waals surface area contributed by atoms with E-state index in [0.717, 1.165) is 6.07 Å². The number of rotatable bonds is 9. The van der Waals surface area contributed by atoms with Crippen LogP contribution in [0.4, 0.5) is 8.78 Å². The summed E-state index contributed by atoms with van der Waals surface area (Å²) in [6.07, 6.45) is 0. The van der Waals surface area contributed by atoms with Crippen LogP contribution >= 0.6 is 11.6 Å².